The summed E-state index contributed by atoms with van der Waals surface area (Å²) in [5.74, 6) is 0.838. The van der Waals surface area contributed by atoms with Gasteiger partial charge in [-0.2, -0.15) is 5.10 Å². The predicted octanol–water partition coefficient (Wildman–Crippen LogP) is 2.97. The van der Waals surface area contributed by atoms with Gasteiger partial charge in [0, 0.05) is 22.7 Å². The Morgan fingerprint density at radius 1 is 1.38 bits per heavy atom. The Morgan fingerprint density at radius 2 is 2.19 bits per heavy atom. The third-order valence-corrected chi connectivity index (χ3v) is 2.61. The molecule has 0 radical (unpaired) electrons. The van der Waals surface area contributed by atoms with Gasteiger partial charge in [-0.3, -0.25) is 5.10 Å². The highest BCUT2D eigenvalue weighted by Gasteiger charge is 2.06. The maximum atomic E-state index is 5.96. The first-order valence-corrected chi connectivity index (χ1v) is 5.40. The van der Waals surface area contributed by atoms with E-state index in [0.717, 1.165) is 22.7 Å². The second-order valence-electron chi connectivity index (χ2n) is 3.68. The molecule has 1 N–H and O–H groups in total. The molecule has 4 heteroatoms. The van der Waals surface area contributed by atoms with Gasteiger partial charge in [-0.25, -0.2) is 0 Å². The fourth-order valence-electron chi connectivity index (χ4n) is 1.65. The Hall–Kier alpha value is -1.48. The summed E-state index contributed by atoms with van der Waals surface area (Å²) < 4.78 is 5.28. The molecule has 0 unspecified atom stereocenters. The molecule has 84 valence electrons. The van der Waals surface area contributed by atoms with Crippen LogP contribution in [0.15, 0.2) is 24.3 Å². The summed E-state index contributed by atoms with van der Waals surface area (Å²) >= 11 is 5.96. The molecule has 0 aliphatic heterocycles. The number of hydrogen-bond donors (Lipinski definition) is 1. The van der Waals surface area contributed by atoms with Gasteiger partial charge in [0.1, 0.15) is 5.75 Å². The van der Waals surface area contributed by atoms with Crippen LogP contribution in [0.25, 0.3) is 0 Å². The number of nitrogens with one attached hydrogen (secondary N) is 1. The molecular formula is C12H13ClN2O. The SMILES string of the molecule is COc1ccc(Cl)cc1Cc1cc(C)[nH]n1. The number of aryl methyl sites for hydroxylation is 1. The van der Waals surface area contributed by atoms with Crippen LogP contribution in [0.4, 0.5) is 0 Å². The van der Waals surface area contributed by atoms with Crippen molar-refractivity contribution in [3.05, 3.63) is 46.2 Å². The zero-order valence-corrected chi connectivity index (χ0v) is 10.0. The van der Waals surface area contributed by atoms with Crippen molar-refractivity contribution in [1.82, 2.24) is 10.2 Å². The van der Waals surface area contributed by atoms with E-state index >= 15 is 0 Å². The number of H-pyrrole nitrogens is 1. The van der Waals surface area contributed by atoms with Crippen LogP contribution in [0.1, 0.15) is 17.0 Å². The van der Waals surface area contributed by atoms with Crippen LogP contribution >= 0.6 is 11.6 Å². The summed E-state index contributed by atoms with van der Waals surface area (Å²) in [6.07, 6.45) is 0.716. The van der Waals surface area contributed by atoms with E-state index in [0.29, 0.717) is 11.4 Å². The minimum atomic E-state index is 0.711. The Bertz CT molecular complexity index is 494. The van der Waals surface area contributed by atoms with Gasteiger partial charge in [-0.05, 0) is 31.2 Å². The first-order chi connectivity index (χ1) is 7.69. The first kappa shape index (κ1) is 11.0. The Kier molecular flexibility index (Phi) is 3.15. The highest BCUT2D eigenvalue weighted by molar-refractivity contribution is 6.30. The van der Waals surface area contributed by atoms with Crippen molar-refractivity contribution in [1.29, 1.82) is 0 Å². The fourth-order valence-corrected chi connectivity index (χ4v) is 1.84. The molecule has 0 bridgehead atoms. The van der Waals surface area contributed by atoms with Crippen molar-refractivity contribution in [2.75, 3.05) is 7.11 Å². The zero-order valence-electron chi connectivity index (χ0n) is 9.25. The molecule has 1 aromatic carbocycles. The molecule has 3 nitrogen and oxygen atoms in total. The minimum Gasteiger partial charge on any atom is -0.496 e. The normalized spacial score (nSPS) is 10.4. The molecule has 0 spiro atoms. The van der Waals surface area contributed by atoms with Crippen molar-refractivity contribution in [3.63, 3.8) is 0 Å². The molecular weight excluding hydrogens is 224 g/mol. The van der Waals surface area contributed by atoms with Crippen LogP contribution in [0.5, 0.6) is 5.75 Å². The van der Waals surface area contributed by atoms with Crippen LogP contribution in [-0.2, 0) is 6.42 Å². The number of rotatable bonds is 3. The van der Waals surface area contributed by atoms with E-state index in [1.165, 1.54) is 0 Å². The quantitative estimate of drug-likeness (QED) is 0.890. The lowest BCUT2D eigenvalue weighted by Crippen LogP contribution is -1.94. The van der Waals surface area contributed by atoms with E-state index in [1.807, 2.05) is 31.2 Å². The van der Waals surface area contributed by atoms with E-state index in [4.69, 9.17) is 16.3 Å². The van der Waals surface area contributed by atoms with Crippen molar-refractivity contribution in [2.45, 2.75) is 13.3 Å². The van der Waals surface area contributed by atoms with E-state index < -0.39 is 0 Å². The molecule has 0 aliphatic rings. The molecule has 0 amide bonds. The molecule has 0 fully saturated rings. The average Bonchev–Trinajstić information content (AvgIpc) is 2.64. The van der Waals surface area contributed by atoms with Crippen LogP contribution in [-0.4, -0.2) is 17.3 Å². The molecule has 16 heavy (non-hydrogen) atoms. The number of aromatic amines is 1. The topological polar surface area (TPSA) is 37.9 Å². The minimum absolute atomic E-state index is 0.711. The molecule has 1 aromatic heterocycles. The molecule has 0 aliphatic carbocycles. The predicted molar refractivity (Wildman–Crippen MR) is 64.1 cm³/mol. The summed E-state index contributed by atoms with van der Waals surface area (Å²) in [4.78, 5) is 0. The number of aromatic nitrogens is 2. The maximum Gasteiger partial charge on any atom is 0.122 e. The van der Waals surface area contributed by atoms with E-state index in [9.17, 15) is 0 Å². The lowest BCUT2D eigenvalue weighted by molar-refractivity contribution is 0.410. The lowest BCUT2D eigenvalue weighted by Gasteiger charge is -2.07. The molecule has 1 heterocycles. The molecule has 2 aromatic rings. The highest BCUT2D eigenvalue weighted by Crippen LogP contribution is 2.24. The van der Waals surface area contributed by atoms with E-state index in [1.54, 1.807) is 7.11 Å². The van der Waals surface area contributed by atoms with E-state index in [-0.39, 0.29) is 0 Å². The summed E-state index contributed by atoms with van der Waals surface area (Å²) in [5.41, 5.74) is 3.08. The van der Waals surface area contributed by atoms with Gasteiger partial charge in [0.25, 0.3) is 0 Å². The lowest BCUT2D eigenvalue weighted by atomic mass is 10.1. The average molecular weight is 237 g/mol. The van der Waals surface area contributed by atoms with Crippen molar-refractivity contribution < 1.29 is 4.74 Å². The van der Waals surface area contributed by atoms with Gasteiger partial charge in [-0.1, -0.05) is 11.6 Å². The highest BCUT2D eigenvalue weighted by atomic mass is 35.5. The van der Waals surface area contributed by atoms with Gasteiger partial charge in [-0.15, -0.1) is 0 Å². The van der Waals surface area contributed by atoms with Crippen LogP contribution in [0.3, 0.4) is 0 Å². The van der Waals surface area contributed by atoms with Crippen LogP contribution < -0.4 is 4.74 Å². The largest absolute Gasteiger partial charge is 0.496 e. The summed E-state index contributed by atoms with van der Waals surface area (Å²) in [6, 6.07) is 7.61. The number of methoxy groups -OCH3 is 1. The van der Waals surface area contributed by atoms with E-state index in [2.05, 4.69) is 10.2 Å². The maximum absolute atomic E-state index is 5.96. The Balaban J connectivity index is 2.29. The van der Waals surface area contributed by atoms with Gasteiger partial charge >= 0.3 is 0 Å². The van der Waals surface area contributed by atoms with Gasteiger partial charge in [0.15, 0.2) is 0 Å². The van der Waals surface area contributed by atoms with Crippen molar-refractivity contribution >= 4 is 11.6 Å². The molecule has 2 rings (SSSR count). The van der Waals surface area contributed by atoms with Crippen LogP contribution in [0, 0.1) is 6.92 Å². The number of halogens is 1. The third-order valence-electron chi connectivity index (χ3n) is 2.37. The number of ether oxygens (including phenoxy) is 1. The van der Waals surface area contributed by atoms with Gasteiger partial charge in [0.2, 0.25) is 0 Å². The van der Waals surface area contributed by atoms with Crippen molar-refractivity contribution in [3.8, 4) is 5.75 Å². The van der Waals surface area contributed by atoms with Gasteiger partial charge < -0.3 is 4.74 Å². The summed E-state index contributed by atoms with van der Waals surface area (Å²) in [6.45, 7) is 1.98. The second-order valence-corrected chi connectivity index (χ2v) is 4.11. The summed E-state index contributed by atoms with van der Waals surface area (Å²) in [7, 11) is 1.66. The number of nitrogens with zero attached hydrogens (tertiary/aromatic N) is 1. The molecule has 0 saturated heterocycles. The smallest absolute Gasteiger partial charge is 0.122 e. The third kappa shape index (κ3) is 2.36. The molecule has 0 saturated carbocycles. The second kappa shape index (κ2) is 4.58. The standard InChI is InChI=1S/C12H13ClN2O/c1-8-5-11(15-14-8)7-9-6-10(13)3-4-12(9)16-2/h3-6H,7H2,1-2H3,(H,14,15). The first-order valence-electron chi connectivity index (χ1n) is 5.02. The summed E-state index contributed by atoms with van der Waals surface area (Å²) in [5, 5.41) is 7.82. The number of benzene rings is 1. The Morgan fingerprint density at radius 3 is 2.81 bits per heavy atom. The zero-order chi connectivity index (χ0) is 11.5. The monoisotopic (exact) mass is 236 g/mol. The van der Waals surface area contributed by atoms with Crippen LogP contribution in [0.2, 0.25) is 5.02 Å². The molecule has 0 atom stereocenters. The van der Waals surface area contributed by atoms with Gasteiger partial charge in [0.05, 0.1) is 12.8 Å². The number of hydrogen-bond acceptors (Lipinski definition) is 2. The van der Waals surface area contributed by atoms with Crippen molar-refractivity contribution in [2.24, 2.45) is 0 Å². The fraction of sp³-hybridized carbons (Fsp3) is 0.250. The Labute approximate surface area is 99.4 Å².